The Morgan fingerprint density at radius 1 is 1.21 bits per heavy atom. The van der Waals surface area contributed by atoms with Gasteiger partial charge in [-0.3, -0.25) is 9.78 Å². The Morgan fingerprint density at radius 3 is 2.56 bits per heavy atom. The van der Waals surface area contributed by atoms with Gasteiger partial charge in [-0.2, -0.15) is 18.3 Å². The molecule has 1 saturated heterocycles. The number of urea groups is 1. The average molecular weight is 475 g/mol. The van der Waals surface area contributed by atoms with Crippen molar-refractivity contribution in [3.05, 3.63) is 65.0 Å². The molecule has 8 nitrogen and oxygen atoms in total. The zero-order valence-corrected chi connectivity index (χ0v) is 18.7. The third-order valence-corrected chi connectivity index (χ3v) is 5.79. The maximum absolute atomic E-state index is 13.0. The van der Waals surface area contributed by atoms with Crippen LogP contribution in [-0.4, -0.2) is 64.9 Å². The monoisotopic (exact) mass is 475 g/mol. The van der Waals surface area contributed by atoms with Gasteiger partial charge in [0.05, 0.1) is 30.9 Å². The van der Waals surface area contributed by atoms with Crippen LogP contribution >= 0.6 is 0 Å². The molecule has 2 aromatic rings. The molecular weight excluding hydrogens is 451 g/mol. The lowest BCUT2D eigenvalue weighted by atomic mass is 10.0. The summed E-state index contributed by atoms with van der Waals surface area (Å²) in [5.41, 5.74) is 1.87. The number of halogens is 3. The summed E-state index contributed by atoms with van der Waals surface area (Å²) in [5.74, 6) is -0.178. The van der Waals surface area contributed by atoms with E-state index in [1.165, 1.54) is 11.1 Å². The minimum Gasteiger partial charge on any atom is -0.370 e. The van der Waals surface area contributed by atoms with E-state index in [1.54, 1.807) is 11.8 Å². The summed E-state index contributed by atoms with van der Waals surface area (Å²) in [7, 11) is 0. The van der Waals surface area contributed by atoms with Gasteiger partial charge in [0.15, 0.2) is 0 Å². The summed E-state index contributed by atoms with van der Waals surface area (Å²) in [6.45, 7) is 4.51. The normalized spacial score (nSPS) is 19.7. The van der Waals surface area contributed by atoms with Crippen molar-refractivity contribution in [2.75, 3.05) is 26.3 Å². The number of benzene rings is 1. The molecule has 11 heteroatoms. The van der Waals surface area contributed by atoms with Crippen molar-refractivity contribution >= 4 is 17.6 Å². The number of aryl methyl sites for hydroxylation is 1. The van der Waals surface area contributed by atoms with Crippen LogP contribution in [0.4, 0.5) is 18.0 Å². The number of morpholine rings is 1. The molecule has 0 saturated carbocycles. The highest BCUT2D eigenvalue weighted by Crippen LogP contribution is 2.28. The molecule has 3 amide bonds. The van der Waals surface area contributed by atoms with Gasteiger partial charge in [-0.05, 0) is 31.0 Å². The lowest BCUT2D eigenvalue weighted by Gasteiger charge is -2.33. The van der Waals surface area contributed by atoms with Gasteiger partial charge in [0.1, 0.15) is 12.3 Å². The van der Waals surface area contributed by atoms with Gasteiger partial charge >= 0.3 is 12.2 Å². The molecule has 1 aromatic heterocycles. The minimum absolute atomic E-state index is 0.0260. The Morgan fingerprint density at radius 2 is 1.94 bits per heavy atom. The van der Waals surface area contributed by atoms with Crippen LogP contribution in [0.1, 0.15) is 35.3 Å². The number of rotatable bonds is 4. The molecule has 2 atom stereocenters. The highest BCUT2D eigenvalue weighted by Gasteiger charge is 2.38. The fraction of sp³-hybridized carbons (Fsp3) is 0.391. The summed E-state index contributed by atoms with van der Waals surface area (Å²) in [5, 5.41) is 8.50. The Hall–Kier alpha value is -3.47. The molecule has 2 aliphatic heterocycles. The third kappa shape index (κ3) is 5.04. The number of nitrogens with one attached hydrogen (secondary N) is 1. The molecule has 1 fully saturated rings. The predicted octanol–water partition coefficient (Wildman–Crippen LogP) is 3.13. The van der Waals surface area contributed by atoms with E-state index in [-0.39, 0.29) is 19.1 Å². The van der Waals surface area contributed by atoms with Crippen molar-refractivity contribution < 1.29 is 27.5 Å². The first-order valence-electron chi connectivity index (χ1n) is 10.8. The summed E-state index contributed by atoms with van der Waals surface area (Å²) < 4.78 is 43.5. The van der Waals surface area contributed by atoms with Crippen molar-refractivity contribution in [3.63, 3.8) is 0 Å². The van der Waals surface area contributed by atoms with E-state index in [4.69, 9.17) is 4.74 Å². The van der Waals surface area contributed by atoms with E-state index < -0.39 is 30.0 Å². The first-order chi connectivity index (χ1) is 16.1. The van der Waals surface area contributed by atoms with Crippen molar-refractivity contribution in [2.45, 2.75) is 32.1 Å². The molecule has 1 unspecified atom stereocenters. The number of aromatic nitrogens is 1. The second kappa shape index (κ2) is 9.41. The van der Waals surface area contributed by atoms with Gasteiger partial charge in [-0.15, -0.1) is 0 Å². The number of pyridine rings is 1. The first kappa shape index (κ1) is 23.7. The van der Waals surface area contributed by atoms with Crippen molar-refractivity contribution in [2.24, 2.45) is 5.10 Å². The van der Waals surface area contributed by atoms with E-state index in [1.807, 2.05) is 31.2 Å². The molecule has 0 aliphatic carbocycles. The van der Waals surface area contributed by atoms with Gasteiger partial charge in [0, 0.05) is 12.7 Å². The quantitative estimate of drug-likeness (QED) is 0.736. The molecule has 0 bridgehead atoms. The van der Waals surface area contributed by atoms with Crippen LogP contribution < -0.4 is 5.32 Å². The van der Waals surface area contributed by atoms with Crippen LogP contribution in [0.2, 0.25) is 0 Å². The van der Waals surface area contributed by atoms with Gasteiger partial charge in [0.25, 0.3) is 0 Å². The van der Waals surface area contributed by atoms with E-state index in [2.05, 4.69) is 15.4 Å². The van der Waals surface area contributed by atoms with Crippen LogP contribution in [-0.2, 0) is 15.7 Å². The first-order valence-corrected chi connectivity index (χ1v) is 10.8. The lowest BCUT2D eigenvalue weighted by molar-refractivity contribution is -0.144. The Bertz CT molecular complexity index is 1090. The van der Waals surface area contributed by atoms with Gasteiger partial charge in [-0.25, -0.2) is 9.80 Å². The number of ether oxygens (including phenoxy) is 1. The van der Waals surface area contributed by atoms with Crippen LogP contribution in [0, 0.1) is 6.92 Å². The van der Waals surface area contributed by atoms with Gasteiger partial charge in [0.2, 0.25) is 5.91 Å². The molecule has 1 N–H and O–H groups in total. The number of amides is 3. The molecule has 0 spiro atoms. The molecule has 0 radical (unpaired) electrons. The highest BCUT2D eigenvalue weighted by atomic mass is 19.4. The fourth-order valence-corrected chi connectivity index (χ4v) is 3.87. The number of alkyl halides is 3. The standard InChI is InChI=1S/C23H24F3N5O3/c1-14-3-5-16(6-4-14)21-18(30-9-10-34-13-20(30)32)12-31(29-21)22(33)28-15(2)17-7-8-19(27-11-17)23(24,25)26/h3-8,11,15,18H,9-10,12-13H2,1-2H3,(H,28,33)/t15-,18?/m1/s1. The fourth-order valence-electron chi connectivity index (χ4n) is 3.87. The molecule has 34 heavy (non-hydrogen) atoms. The second-order valence-corrected chi connectivity index (χ2v) is 8.23. The summed E-state index contributed by atoms with van der Waals surface area (Å²) in [6, 6.07) is 8.23. The predicted molar refractivity (Wildman–Crippen MR) is 117 cm³/mol. The maximum atomic E-state index is 13.0. The van der Waals surface area contributed by atoms with E-state index in [0.29, 0.717) is 24.4 Å². The Kier molecular flexibility index (Phi) is 6.56. The van der Waals surface area contributed by atoms with E-state index in [9.17, 15) is 22.8 Å². The topological polar surface area (TPSA) is 87.1 Å². The van der Waals surface area contributed by atoms with Gasteiger partial charge in [-0.1, -0.05) is 35.9 Å². The van der Waals surface area contributed by atoms with E-state index in [0.717, 1.165) is 23.4 Å². The Labute approximate surface area is 194 Å². The van der Waals surface area contributed by atoms with Crippen molar-refractivity contribution in [1.82, 2.24) is 20.2 Å². The zero-order valence-electron chi connectivity index (χ0n) is 18.7. The minimum atomic E-state index is -4.53. The number of hydrogen-bond donors (Lipinski definition) is 1. The van der Waals surface area contributed by atoms with Crippen LogP contribution in [0.25, 0.3) is 0 Å². The maximum Gasteiger partial charge on any atom is 0.433 e. The lowest BCUT2D eigenvalue weighted by Crippen LogP contribution is -2.52. The largest absolute Gasteiger partial charge is 0.433 e. The molecule has 1 aromatic carbocycles. The third-order valence-electron chi connectivity index (χ3n) is 5.79. The summed E-state index contributed by atoms with van der Waals surface area (Å²) in [6.07, 6.45) is -3.44. The average Bonchev–Trinajstić information content (AvgIpc) is 3.25. The number of carbonyl (C=O) groups is 2. The number of hydrazone groups is 1. The second-order valence-electron chi connectivity index (χ2n) is 8.23. The number of hydrogen-bond acceptors (Lipinski definition) is 5. The molecule has 180 valence electrons. The molecule has 3 heterocycles. The smallest absolute Gasteiger partial charge is 0.370 e. The molecule has 4 rings (SSSR count). The molecular formula is C23H24F3N5O3. The van der Waals surface area contributed by atoms with Crippen molar-refractivity contribution in [3.8, 4) is 0 Å². The van der Waals surface area contributed by atoms with Crippen molar-refractivity contribution in [1.29, 1.82) is 0 Å². The Balaban J connectivity index is 1.52. The number of carbonyl (C=O) groups excluding carboxylic acids is 2. The SMILES string of the molecule is Cc1ccc(C2=NN(C(=O)N[C@H](C)c3ccc(C(F)(F)F)nc3)CC2N2CCOCC2=O)cc1. The highest BCUT2D eigenvalue weighted by molar-refractivity contribution is 6.08. The zero-order chi connectivity index (χ0) is 24.5. The van der Waals surface area contributed by atoms with Crippen LogP contribution in [0.15, 0.2) is 47.7 Å². The van der Waals surface area contributed by atoms with Crippen LogP contribution in [0.5, 0.6) is 0 Å². The van der Waals surface area contributed by atoms with E-state index >= 15 is 0 Å². The molecule has 2 aliphatic rings. The summed E-state index contributed by atoms with van der Waals surface area (Å²) in [4.78, 5) is 30.6. The van der Waals surface area contributed by atoms with Gasteiger partial charge < -0.3 is 15.0 Å². The van der Waals surface area contributed by atoms with Crippen LogP contribution in [0.3, 0.4) is 0 Å². The summed E-state index contributed by atoms with van der Waals surface area (Å²) >= 11 is 0. The number of nitrogens with zero attached hydrogens (tertiary/aromatic N) is 4.